The number of rotatable bonds is 8. The van der Waals surface area contributed by atoms with Crippen molar-refractivity contribution in [3.63, 3.8) is 0 Å². The van der Waals surface area contributed by atoms with E-state index in [9.17, 15) is 9.59 Å². The molecule has 0 radical (unpaired) electrons. The van der Waals surface area contributed by atoms with Crippen molar-refractivity contribution >= 4 is 11.9 Å². The van der Waals surface area contributed by atoms with Crippen LogP contribution in [-0.4, -0.2) is 36.6 Å². The standard InChI is InChI=1S/C15H22N2O3/c1-3-16-10-11(2)14(18)17-9-8-12-6-4-5-7-13(12)15(19)20/h4-7,11,16H,3,8-10H2,1-2H3,(H,17,18)(H,19,20). The van der Waals surface area contributed by atoms with Crippen molar-refractivity contribution < 1.29 is 14.7 Å². The van der Waals surface area contributed by atoms with E-state index in [1.807, 2.05) is 13.8 Å². The Kier molecular flexibility index (Phi) is 6.73. The van der Waals surface area contributed by atoms with Gasteiger partial charge < -0.3 is 15.7 Å². The topological polar surface area (TPSA) is 78.4 Å². The molecule has 1 amide bonds. The van der Waals surface area contributed by atoms with Crippen molar-refractivity contribution in [1.82, 2.24) is 10.6 Å². The van der Waals surface area contributed by atoms with E-state index >= 15 is 0 Å². The molecule has 0 aliphatic rings. The van der Waals surface area contributed by atoms with Crippen LogP contribution < -0.4 is 10.6 Å². The molecule has 0 aliphatic carbocycles. The predicted octanol–water partition coefficient (Wildman–Crippen LogP) is 1.29. The molecule has 3 N–H and O–H groups in total. The molecule has 0 aliphatic heterocycles. The lowest BCUT2D eigenvalue weighted by molar-refractivity contribution is -0.124. The van der Waals surface area contributed by atoms with Crippen LogP contribution in [0.1, 0.15) is 29.8 Å². The number of hydrogen-bond donors (Lipinski definition) is 3. The summed E-state index contributed by atoms with van der Waals surface area (Å²) < 4.78 is 0. The number of carbonyl (C=O) groups excluding carboxylic acids is 1. The second-order valence-electron chi connectivity index (χ2n) is 4.71. The summed E-state index contributed by atoms with van der Waals surface area (Å²) >= 11 is 0. The summed E-state index contributed by atoms with van der Waals surface area (Å²) in [5.41, 5.74) is 1.03. The van der Waals surface area contributed by atoms with Gasteiger partial charge in [-0.15, -0.1) is 0 Å². The Morgan fingerprint density at radius 3 is 2.65 bits per heavy atom. The minimum absolute atomic E-state index is 0.0150. The zero-order valence-corrected chi connectivity index (χ0v) is 12.0. The second kappa shape index (κ2) is 8.32. The van der Waals surface area contributed by atoms with Gasteiger partial charge in [0.25, 0.3) is 0 Å². The van der Waals surface area contributed by atoms with Crippen molar-refractivity contribution in [3.8, 4) is 0 Å². The molecule has 1 aromatic rings. The van der Waals surface area contributed by atoms with Gasteiger partial charge in [-0.25, -0.2) is 4.79 Å². The van der Waals surface area contributed by atoms with E-state index in [0.29, 0.717) is 25.1 Å². The lowest BCUT2D eigenvalue weighted by Crippen LogP contribution is -2.36. The smallest absolute Gasteiger partial charge is 0.335 e. The van der Waals surface area contributed by atoms with Gasteiger partial charge >= 0.3 is 5.97 Å². The van der Waals surface area contributed by atoms with Gasteiger partial charge in [-0.1, -0.05) is 32.0 Å². The summed E-state index contributed by atoms with van der Waals surface area (Å²) in [6, 6.07) is 6.85. The molecule has 0 saturated carbocycles. The zero-order chi connectivity index (χ0) is 15.0. The van der Waals surface area contributed by atoms with Crippen LogP contribution in [0.4, 0.5) is 0 Å². The maximum Gasteiger partial charge on any atom is 0.335 e. The lowest BCUT2D eigenvalue weighted by atomic mass is 10.0. The largest absolute Gasteiger partial charge is 0.478 e. The number of carboxylic acids is 1. The quantitative estimate of drug-likeness (QED) is 0.669. The molecule has 0 fully saturated rings. The van der Waals surface area contributed by atoms with Crippen LogP contribution in [0.2, 0.25) is 0 Å². The normalized spacial score (nSPS) is 11.9. The van der Waals surface area contributed by atoms with Crippen LogP contribution in [0.3, 0.4) is 0 Å². The van der Waals surface area contributed by atoms with Gasteiger partial charge in [0.15, 0.2) is 0 Å². The van der Waals surface area contributed by atoms with E-state index in [-0.39, 0.29) is 11.8 Å². The number of amides is 1. The average molecular weight is 278 g/mol. The monoisotopic (exact) mass is 278 g/mol. The molecule has 5 heteroatoms. The highest BCUT2D eigenvalue weighted by molar-refractivity contribution is 5.89. The van der Waals surface area contributed by atoms with Crippen molar-refractivity contribution in [2.45, 2.75) is 20.3 Å². The van der Waals surface area contributed by atoms with Crippen LogP contribution in [0, 0.1) is 5.92 Å². The average Bonchev–Trinajstić information content (AvgIpc) is 2.44. The molecular weight excluding hydrogens is 256 g/mol. The van der Waals surface area contributed by atoms with Crippen LogP contribution in [0.5, 0.6) is 0 Å². The van der Waals surface area contributed by atoms with Gasteiger partial charge in [0.05, 0.1) is 5.56 Å². The van der Waals surface area contributed by atoms with Crippen molar-refractivity contribution in [2.24, 2.45) is 5.92 Å². The fraction of sp³-hybridized carbons (Fsp3) is 0.467. The summed E-state index contributed by atoms with van der Waals surface area (Å²) in [6.45, 7) is 5.79. The Hall–Kier alpha value is -1.88. The van der Waals surface area contributed by atoms with E-state index in [0.717, 1.165) is 12.1 Å². The number of carbonyl (C=O) groups is 2. The lowest BCUT2D eigenvalue weighted by Gasteiger charge is -2.13. The van der Waals surface area contributed by atoms with Gasteiger partial charge in [0.1, 0.15) is 0 Å². The van der Waals surface area contributed by atoms with Gasteiger partial charge in [-0.05, 0) is 24.6 Å². The van der Waals surface area contributed by atoms with E-state index in [2.05, 4.69) is 10.6 Å². The van der Waals surface area contributed by atoms with Crippen molar-refractivity contribution in [1.29, 1.82) is 0 Å². The van der Waals surface area contributed by atoms with Crippen LogP contribution >= 0.6 is 0 Å². The SMILES string of the molecule is CCNCC(C)C(=O)NCCc1ccccc1C(=O)O. The molecule has 20 heavy (non-hydrogen) atoms. The molecule has 0 spiro atoms. The van der Waals surface area contributed by atoms with Crippen LogP contribution in [-0.2, 0) is 11.2 Å². The fourth-order valence-corrected chi connectivity index (χ4v) is 1.90. The van der Waals surface area contributed by atoms with Crippen molar-refractivity contribution in [3.05, 3.63) is 35.4 Å². The summed E-state index contributed by atoms with van der Waals surface area (Å²) in [5, 5.41) is 15.0. The third kappa shape index (κ3) is 5.01. The molecular formula is C15H22N2O3. The summed E-state index contributed by atoms with van der Waals surface area (Å²) in [7, 11) is 0. The molecule has 1 unspecified atom stereocenters. The van der Waals surface area contributed by atoms with E-state index in [1.54, 1.807) is 24.3 Å². The van der Waals surface area contributed by atoms with E-state index < -0.39 is 5.97 Å². The minimum atomic E-state index is -0.938. The number of benzene rings is 1. The minimum Gasteiger partial charge on any atom is -0.478 e. The summed E-state index contributed by atoms with van der Waals surface area (Å²) in [6.07, 6.45) is 0.516. The maximum absolute atomic E-state index is 11.8. The first-order valence-electron chi connectivity index (χ1n) is 6.85. The van der Waals surface area contributed by atoms with Crippen molar-refractivity contribution in [2.75, 3.05) is 19.6 Å². The Bertz CT molecular complexity index is 460. The van der Waals surface area contributed by atoms with Gasteiger partial charge in [0.2, 0.25) is 5.91 Å². The maximum atomic E-state index is 11.8. The highest BCUT2D eigenvalue weighted by Crippen LogP contribution is 2.09. The Morgan fingerprint density at radius 2 is 2.00 bits per heavy atom. The van der Waals surface area contributed by atoms with E-state index in [1.165, 1.54) is 0 Å². The van der Waals surface area contributed by atoms with Gasteiger partial charge in [-0.2, -0.15) is 0 Å². The molecule has 0 saturated heterocycles. The second-order valence-corrected chi connectivity index (χ2v) is 4.71. The number of aromatic carboxylic acids is 1. The molecule has 0 heterocycles. The van der Waals surface area contributed by atoms with E-state index in [4.69, 9.17) is 5.11 Å². The van der Waals surface area contributed by atoms with Gasteiger partial charge in [-0.3, -0.25) is 4.79 Å². The Labute approximate surface area is 119 Å². The Morgan fingerprint density at radius 1 is 1.30 bits per heavy atom. The third-order valence-electron chi connectivity index (χ3n) is 3.09. The number of nitrogens with one attached hydrogen (secondary N) is 2. The summed E-state index contributed by atoms with van der Waals surface area (Å²) in [4.78, 5) is 22.8. The fourth-order valence-electron chi connectivity index (χ4n) is 1.90. The van der Waals surface area contributed by atoms with Crippen LogP contribution in [0.15, 0.2) is 24.3 Å². The highest BCUT2D eigenvalue weighted by atomic mass is 16.4. The summed E-state index contributed by atoms with van der Waals surface area (Å²) in [5.74, 6) is -1.05. The van der Waals surface area contributed by atoms with Crippen LogP contribution in [0.25, 0.3) is 0 Å². The molecule has 0 aromatic heterocycles. The number of carboxylic acid groups (broad SMARTS) is 1. The predicted molar refractivity (Wildman–Crippen MR) is 77.8 cm³/mol. The highest BCUT2D eigenvalue weighted by Gasteiger charge is 2.12. The third-order valence-corrected chi connectivity index (χ3v) is 3.09. The molecule has 110 valence electrons. The molecule has 1 atom stereocenters. The van der Waals surface area contributed by atoms with Gasteiger partial charge in [0, 0.05) is 19.0 Å². The molecule has 5 nitrogen and oxygen atoms in total. The first kappa shape index (κ1) is 16.2. The molecule has 1 aromatic carbocycles. The Balaban J connectivity index is 2.45. The number of hydrogen-bond acceptors (Lipinski definition) is 3. The first-order chi connectivity index (χ1) is 9.56. The molecule has 0 bridgehead atoms. The first-order valence-corrected chi connectivity index (χ1v) is 6.85. The zero-order valence-electron chi connectivity index (χ0n) is 12.0. The molecule has 1 rings (SSSR count).